The second-order valence-corrected chi connectivity index (χ2v) is 11.6. The molecular weight excluding hydrogens is 537 g/mol. The summed E-state index contributed by atoms with van der Waals surface area (Å²) in [6, 6.07) is 5.53. The highest BCUT2D eigenvalue weighted by atomic mass is 35.5. The molecule has 210 valence electrons. The molecule has 3 fully saturated rings. The summed E-state index contributed by atoms with van der Waals surface area (Å²) in [5.41, 5.74) is 2.12. The number of ether oxygens (including phenoxy) is 2. The highest BCUT2D eigenvalue weighted by molar-refractivity contribution is 6.34. The van der Waals surface area contributed by atoms with Gasteiger partial charge in [-0.05, 0) is 56.7 Å². The average molecular weight is 568 g/mol. The minimum absolute atomic E-state index is 0.0181. The van der Waals surface area contributed by atoms with Gasteiger partial charge in [0.15, 0.2) is 0 Å². The lowest BCUT2D eigenvalue weighted by molar-refractivity contribution is -0.0735. The molecule has 1 unspecified atom stereocenters. The maximum Gasteiger partial charge on any atom is 0.147 e. The first-order valence-corrected chi connectivity index (χ1v) is 14.2. The standard InChI is InChI=1S/C28H31ClFN7O3/c1-17-26(33-34-37(17)21-6-8-35(9-7-21)22-14-39-15-22)18-10-24(27-23(29)12-32-36(27)13-18)40-16-28(38,19-2-3-19)25-5-4-20(30)11-31-25/h4-5,10-13,19,21-22,38H,2-3,6-9,14-16H2,1H3. The summed E-state index contributed by atoms with van der Waals surface area (Å²) in [6.07, 6.45) is 8.26. The van der Waals surface area contributed by atoms with Gasteiger partial charge in [-0.15, -0.1) is 5.10 Å². The Morgan fingerprint density at radius 1 is 1.15 bits per heavy atom. The quantitative estimate of drug-likeness (QED) is 0.343. The molecule has 40 heavy (non-hydrogen) atoms. The van der Waals surface area contributed by atoms with Gasteiger partial charge in [-0.2, -0.15) is 5.10 Å². The van der Waals surface area contributed by atoms with Crippen molar-refractivity contribution in [3.8, 4) is 17.0 Å². The molecule has 0 spiro atoms. The largest absolute Gasteiger partial charge is 0.488 e. The fraction of sp³-hybridized carbons (Fsp3) is 0.500. The molecule has 4 aromatic rings. The molecule has 12 heteroatoms. The lowest BCUT2D eigenvalue weighted by atomic mass is 9.94. The van der Waals surface area contributed by atoms with E-state index in [0.717, 1.165) is 75.1 Å². The molecule has 4 aromatic heterocycles. The third-order valence-electron chi connectivity index (χ3n) is 8.59. The molecule has 1 N–H and O–H groups in total. The van der Waals surface area contributed by atoms with Gasteiger partial charge in [-0.25, -0.2) is 13.6 Å². The molecular formula is C28H31ClFN7O3. The number of rotatable bonds is 8. The van der Waals surface area contributed by atoms with Gasteiger partial charge in [0.25, 0.3) is 0 Å². The number of aliphatic hydroxyl groups is 1. The number of likely N-dealkylation sites (tertiary alicyclic amines) is 1. The van der Waals surface area contributed by atoms with E-state index in [4.69, 9.17) is 21.1 Å². The van der Waals surface area contributed by atoms with Crippen LogP contribution in [0.1, 0.15) is 43.1 Å². The van der Waals surface area contributed by atoms with Gasteiger partial charge in [-0.3, -0.25) is 9.88 Å². The van der Waals surface area contributed by atoms with Crippen LogP contribution in [0.25, 0.3) is 16.8 Å². The second-order valence-electron chi connectivity index (χ2n) is 11.2. The van der Waals surface area contributed by atoms with Gasteiger partial charge in [0, 0.05) is 24.8 Å². The Balaban J connectivity index is 1.16. The fourth-order valence-corrected chi connectivity index (χ4v) is 6.18. The first kappa shape index (κ1) is 25.8. The van der Waals surface area contributed by atoms with Crippen LogP contribution in [0.3, 0.4) is 0 Å². The Kier molecular flexibility index (Phi) is 6.49. The zero-order valence-electron chi connectivity index (χ0n) is 22.2. The summed E-state index contributed by atoms with van der Waals surface area (Å²) in [5.74, 6) is -0.00760. The Morgan fingerprint density at radius 3 is 2.62 bits per heavy atom. The molecule has 0 aromatic carbocycles. The van der Waals surface area contributed by atoms with E-state index in [9.17, 15) is 9.50 Å². The predicted octanol–water partition coefficient (Wildman–Crippen LogP) is 3.80. The molecule has 0 bridgehead atoms. The number of pyridine rings is 2. The van der Waals surface area contributed by atoms with Crippen molar-refractivity contribution in [3.05, 3.63) is 59.0 Å². The summed E-state index contributed by atoms with van der Waals surface area (Å²) in [4.78, 5) is 6.67. The normalized spacial score (nSPS) is 20.5. The molecule has 1 atom stereocenters. The zero-order valence-corrected chi connectivity index (χ0v) is 23.0. The van der Waals surface area contributed by atoms with Crippen LogP contribution < -0.4 is 4.74 Å². The number of hydrogen-bond acceptors (Lipinski definition) is 8. The van der Waals surface area contributed by atoms with Gasteiger partial charge < -0.3 is 14.6 Å². The SMILES string of the molecule is Cc1c(-c2cc(OCC(O)(c3ccc(F)cn3)C3CC3)c3c(Cl)cnn3c2)nnn1C1CCN(C2COC2)CC1. The maximum atomic E-state index is 13.5. The van der Waals surface area contributed by atoms with Crippen molar-refractivity contribution in [3.63, 3.8) is 0 Å². The van der Waals surface area contributed by atoms with Gasteiger partial charge in [0.2, 0.25) is 0 Å². The molecule has 3 aliphatic rings. The molecule has 0 radical (unpaired) electrons. The number of fused-ring (bicyclic) bond motifs is 1. The zero-order chi connectivity index (χ0) is 27.4. The van der Waals surface area contributed by atoms with Crippen LogP contribution in [-0.2, 0) is 10.3 Å². The van der Waals surface area contributed by atoms with E-state index in [-0.39, 0.29) is 18.6 Å². The Labute approximate surface area is 235 Å². The van der Waals surface area contributed by atoms with Crippen LogP contribution in [0, 0.1) is 18.7 Å². The van der Waals surface area contributed by atoms with E-state index >= 15 is 0 Å². The minimum atomic E-state index is -1.35. The molecule has 10 nitrogen and oxygen atoms in total. The first-order valence-electron chi connectivity index (χ1n) is 13.8. The number of nitrogens with zero attached hydrogens (tertiary/aromatic N) is 7. The lowest BCUT2D eigenvalue weighted by Crippen LogP contribution is -2.52. The number of piperidine rings is 1. The average Bonchev–Trinajstić information content (AvgIpc) is 3.63. The number of halogens is 2. The topological polar surface area (TPSA) is 103 Å². The van der Waals surface area contributed by atoms with Gasteiger partial charge >= 0.3 is 0 Å². The highest BCUT2D eigenvalue weighted by Crippen LogP contribution is 2.46. The second kappa shape index (κ2) is 10.1. The summed E-state index contributed by atoms with van der Waals surface area (Å²) in [5, 5.41) is 25.6. The Hall–Kier alpha value is -3.12. The fourth-order valence-electron chi connectivity index (χ4n) is 5.95. The van der Waals surface area contributed by atoms with E-state index in [0.29, 0.717) is 28.0 Å². The number of aromatic nitrogens is 6. The number of hydrogen-bond donors (Lipinski definition) is 1. The third-order valence-corrected chi connectivity index (χ3v) is 8.86. The van der Waals surface area contributed by atoms with E-state index in [2.05, 4.69) is 25.3 Å². The van der Waals surface area contributed by atoms with Gasteiger partial charge in [0.05, 0.1) is 54.1 Å². The van der Waals surface area contributed by atoms with Crippen LogP contribution in [-0.4, -0.2) is 78.6 Å². The predicted molar refractivity (Wildman–Crippen MR) is 145 cm³/mol. The van der Waals surface area contributed by atoms with Crippen LogP contribution in [0.4, 0.5) is 4.39 Å². The maximum absolute atomic E-state index is 13.5. The molecule has 7 rings (SSSR count). The summed E-state index contributed by atoms with van der Waals surface area (Å²) >= 11 is 6.50. The smallest absolute Gasteiger partial charge is 0.147 e. The van der Waals surface area contributed by atoms with Crippen molar-refractivity contribution < 1.29 is 19.0 Å². The van der Waals surface area contributed by atoms with Crippen LogP contribution >= 0.6 is 11.6 Å². The molecule has 2 aliphatic heterocycles. The summed E-state index contributed by atoms with van der Waals surface area (Å²) in [6.45, 7) is 5.69. The van der Waals surface area contributed by atoms with Crippen molar-refractivity contribution in [2.75, 3.05) is 32.9 Å². The lowest BCUT2D eigenvalue weighted by Gasteiger charge is -2.41. The Morgan fingerprint density at radius 2 is 1.95 bits per heavy atom. The monoisotopic (exact) mass is 567 g/mol. The van der Waals surface area contributed by atoms with Gasteiger partial charge in [0.1, 0.15) is 35.0 Å². The van der Waals surface area contributed by atoms with Crippen molar-refractivity contribution in [1.82, 2.24) is 34.5 Å². The van der Waals surface area contributed by atoms with E-state index in [1.54, 1.807) is 10.7 Å². The van der Waals surface area contributed by atoms with E-state index in [1.165, 1.54) is 12.1 Å². The Bertz CT molecular complexity index is 1530. The molecule has 1 saturated carbocycles. The van der Waals surface area contributed by atoms with Crippen molar-refractivity contribution in [1.29, 1.82) is 0 Å². The van der Waals surface area contributed by atoms with Crippen LogP contribution in [0.15, 0.2) is 36.8 Å². The van der Waals surface area contributed by atoms with E-state index in [1.807, 2.05) is 23.9 Å². The van der Waals surface area contributed by atoms with Crippen molar-refractivity contribution in [2.45, 2.75) is 50.3 Å². The third kappa shape index (κ3) is 4.54. The first-order chi connectivity index (χ1) is 19.4. The van der Waals surface area contributed by atoms with Crippen LogP contribution in [0.2, 0.25) is 5.02 Å². The molecule has 0 amide bonds. The van der Waals surface area contributed by atoms with Gasteiger partial charge in [-0.1, -0.05) is 16.8 Å². The molecule has 2 saturated heterocycles. The molecule has 1 aliphatic carbocycles. The minimum Gasteiger partial charge on any atom is -0.488 e. The van der Waals surface area contributed by atoms with Crippen molar-refractivity contribution >= 4 is 17.1 Å². The summed E-state index contributed by atoms with van der Waals surface area (Å²) in [7, 11) is 0. The summed E-state index contributed by atoms with van der Waals surface area (Å²) < 4.78 is 28.9. The van der Waals surface area contributed by atoms with E-state index < -0.39 is 11.4 Å². The van der Waals surface area contributed by atoms with Crippen molar-refractivity contribution in [2.24, 2.45) is 5.92 Å². The van der Waals surface area contributed by atoms with Crippen LogP contribution in [0.5, 0.6) is 5.75 Å². The molecule has 6 heterocycles. The highest BCUT2D eigenvalue weighted by Gasteiger charge is 2.47.